The fourth-order valence-corrected chi connectivity index (χ4v) is 3.36. The lowest BCUT2D eigenvalue weighted by molar-refractivity contribution is -0.117. The van der Waals surface area contributed by atoms with Crippen molar-refractivity contribution in [2.24, 2.45) is 0 Å². The highest BCUT2D eigenvalue weighted by atomic mass is 16.7. The van der Waals surface area contributed by atoms with Crippen LogP contribution < -0.4 is 14.8 Å². The van der Waals surface area contributed by atoms with E-state index in [2.05, 4.69) is 48.3 Å². The Morgan fingerprint density at radius 3 is 2.56 bits per heavy atom. The predicted octanol–water partition coefficient (Wildman–Crippen LogP) is 4.14. The molecule has 0 unspecified atom stereocenters. The standard InChI is InChI=1S/C22H26N2O3/c1-15(2)17-5-3-16(4-6-17)12-24(19-8-9-19)13-22(25)23-18-7-10-20-21(11-18)27-14-26-20/h3-7,10-11,15,19H,8-9,12-14H2,1-2H3,(H,23,25). The van der Waals surface area contributed by atoms with Crippen LogP contribution in [-0.2, 0) is 11.3 Å². The van der Waals surface area contributed by atoms with Gasteiger partial charge in [-0.15, -0.1) is 0 Å². The zero-order valence-electron chi connectivity index (χ0n) is 15.9. The van der Waals surface area contributed by atoms with E-state index in [0.29, 0.717) is 24.3 Å². The van der Waals surface area contributed by atoms with Crippen LogP contribution in [0.5, 0.6) is 11.5 Å². The molecule has 4 rings (SSSR count). The van der Waals surface area contributed by atoms with Crippen LogP contribution in [0.2, 0.25) is 0 Å². The molecular weight excluding hydrogens is 340 g/mol. The highest BCUT2D eigenvalue weighted by Gasteiger charge is 2.30. The molecule has 1 N–H and O–H groups in total. The van der Waals surface area contributed by atoms with Crippen molar-refractivity contribution >= 4 is 11.6 Å². The first-order chi connectivity index (χ1) is 13.1. The lowest BCUT2D eigenvalue weighted by Gasteiger charge is -2.22. The minimum atomic E-state index is -0.000402. The van der Waals surface area contributed by atoms with E-state index in [1.807, 2.05) is 18.2 Å². The number of hydrogen-bond donors (Lipinski definition) is 1. The van der Waals surface area contributed by atoms with Gasteiger partial charge in [0.05, 0.1) is 6.54 Å². The molecule has 1 aliphatic carbocycles. The smallest absolute Gasteiger partial charge is 0.238 e. The third kappa shape index (κ3) is 4.42. The Morgan fingerprint density at radius 2 is 1.85 bits per heavy atom. The monoisotopic (exact) mass is 366 g/mol. The van der Waals surface area contributed by atoms with Crippen molar-refractivity contribution in [1.29, 1.82) is 0 Å². The van der Waals surface area contributed by atoms with E-state index in [4.69, 9.17) is 9.47 Å². The van der Waals surface area contributed by atoms with Gasteiger partial charge in [-0.1, -0.05) is 38.1 Å². The number of nitrogens with zero attached hydrogens (tertiary/aromatic N) is 1. The number of ether oxygens (including phenoxy) is 2. The van der Waals surface area contributed by atoms with E-state index in [9.17, 15) is 4.79 Å². The number of nitrogens with one attached hydrogen (secondary N) is 1. The number of carbonyl (C=O) groups is 1. The molecule has 27 heavy (non-hydrogen) atoms. The van der Waals surface area contributed by atoms with E-state index >= 15 is 0 Å². The van der Waals surface area contributed by atoms with Crippen LogP contribution in [0.1, 0.15) is 43.7 Å². The van der Waals surface area contributed by atoms with Crippen molar-refractivity contribution in [3.05, 3.63) is 53.6 Å². The zero-order valence-corrected chi connectivity index (χ0v) is 15.9. The Labute approximate surface area is 160 Å². The van der Waals surface area contributed by atoms with Gasteiger partial charge < -0.3 is 14.8 Å². The fraction of sp³-hybridized carbons (Fsp3) is 0.409. The average molecular weight is 366 g/mol. The van der Waals surface area contributed by atoms with Crippen LogP contribution in [0.25, 0.3) is 0 Å². The molecule has 2 aromatic rings. The Balaban J connectivity index is 1.37. The molecule has 0 saturated heterocycles. The molecule has 1 saturated carbocycles. The van der Waals surface area contributed by atoms with Crippen molar-refractivity contribution in [3.8, 4) is 11.5 Å². The number of carbonyl (C=O) groups excluding carboxylic acids is 1. The number of rotatable bonds is 7. The number of fused-ring (bicyclic) bond motifs is 1. The average Bonchev–Trinajstić information content (AvgIpc) is 3.39. The maximum Gasteiger partial charge on any atom is 0.238 e. The number of amides is 1. The Morgan fingerprint density at radius 1 is 1.11 bits per heavy atom. The van der Waals surface area contributed by atoms with Crippen LogP contribution in [0, 0.1) is 0 Å². The Hall–Kier alpha value is -2.53. The van der Waals surface area contributed by atoms with Gasteiger partial charge in [0.2, 0.25) is 12.7 Å². The summed E-state index contributed by atoms with van der Waals surface area (Å²) in [5.41, 5.74) is 3.33. The fourth-order valence-electron chi connectivity index (χ4n) is 3.36. The molecule has 1 amide bonds. The summed E-state index contributed by atoms with van der Waals surface area (Å²) in [6.07, 6.45) is 2.34. The van der Waals surface area contributed by atoms with E-state index in [-0.39, 0.29) is 12.7 Å². The van der Waals surface area contributed by atoms with E-state index < -0.39 is 0 Å². The molecule has 2 aliphatic rings. The molecule has 5 nitrogen and oxygen atoms in total. The number of hydrogen-bond acceptors (Lipinski definition) is 4. The van der Waals surface area contributed by atoms with E-state index in [0.717, 1.165) is 18.0 Å². The van der Waals surface area contributed by atoms with Crippen molar-refractivity contribution < 1.29 is 14.3 Å². The maximum absolute atomic E-state index is 12.6. The topological polar surface area (TPSA) is 50.8 Å². The SMILES string of the molecule is CC(C)c1ccc(CN(CC(=O)Nc2ccc3c(c2)OCO3)C2CC2)cc1. The van der Waals surface area contributed by atoms with Crippen LogP contribution in [0.15, 0.2) is 42.5 Å². The summed E-state index contributed by atoms with van der Waals surface area (Å²) < 4.78 is 10.7. The van der Waals surface area contributed by atoms with Crippen LogP contribution in [0.3, 0.4) is 0 Å². The van der Waals surface area contributed by atoms with E-state index in [1.165, 1.54) is 24.0 Å². The molecule has 1 aliphatic heterocycles. The lowest BCUT2D eigenvalue weighted by Crippen LogP contribution is -2.34. The normalized spacial score (nSPS) is 15.4. The van der Waals surface area contributed by atoms with Gasteiger partial charge in [-0.3, -0.25) is 9.69 Å². The molecule has 0 spiro atoms. The van der Waals surface area contributed by atoms with Gasteiger partial charge in [-0.2, -0.15) is 0 Å². The van der Waals surface area contributed by atoms with Crippen LogP contribution in [0.4, 0.5) is 5.69 Å². The summed E-state index contributed by atoms with van der Waals surface area (Å²) in [6, 6.07) is 14.7. The first-order valence-corrected chi connectivity index (χ1v) is 9.61. The molecule has 2 aromatic carbocycles. The minimum Gasteiger partial charge on any atom is -0.454 e. The molecular formula is C22H26N2O3. The Kier molecular flexibility index (Phi) is 5.03. The predicted molar refractivity (Wildman–Crippen MR) is 105 cm³/mol. The number of anilines is 1. The second kappa shape index (κ2) is 7.61. The molecule has 1 fully saturated rings. The van der Waals surface area contributed by atoms with Gasteiger partial charge in [0.25, 0.3) is 0 Å². The first-order valence-electron chi connectivity index (χ1n) is 9.61. The summed E-state index contributed by atoms with van der Waals surface area (Å²) in [7, 11) is 0. The first kappa shape index (κ1) is 17.9. The van der Waals surface area contributed by atoms with Gasteiger partial charge in [0.15, 0.2) is 11.5 Å². The quantitative estimate of drug-likeness (QED) is 0.800. The molecule has 0 aromatic heterocycles. The van der Waals surface area contributed by atoms with Crippen molar-refractivity contribution in [2.45, 2.75) is 45.2 Å². The summed E-state index contributed by atoms with van der Waals surface area (Å²) in [4.78, 5) is 14.8. The highest BCUT2D eigenvalue weighted by Crippen LogP contribution is 2.34. The van der Waals surface area contributed by atoms with Gasteiger partial charge in [0, 0.05) is 24.3 Å². The lowest BCUT2D eigenvalue weighted by atomic mass is 10.0. The van der Waals surface area contributed by atoms with Gasteiger partial charge in [-0.05, 0) is 42.0 Å². The molecule has 1 heterocycles. The van der Waals surface area contributed by atoms with Crippen molar-refractivity contribution in [3.63, 3.8) is 0 Å². The number of benzene rings is 2. The van der Waals surface area contributed by atoms with Crippen LogP contribution in [-0.4, -0.2) is 30.2 Å². The van der Waals surface area contributed by atoms with Crippen molar-refractivity contribution in [2.75, 3.05) is 18.7 Å². The van der Waals surface area contributed by atoms with Crippen LogP contribution >= 0.6 is 0 Å². The summed E-state index contributed by atoms with van der Waals surface area (Å²) in [6.45, 7) is 5.83. The van der Waals surface area contributed by atoms with Gasteiger partial charge >= 0.3 is 0 Å². The third-order valence-corrected chi connectivity index (χ3v) is 5.10. The van der Waals surface area contributed by atoms with Gasteiger partial charge in [-0.25, -0.2) is 0 Å². The Bertz CT molecular complexity index is 813. The largest absolute Gasteiger partial charge is 0.454 e. The molecule has 0 radical (unpaired) electrons. The molecule has 5 heteroatoms. The summed E-state index contributed by atoms with van der Waals surface area (Å²) in [5, 5.41) is 2.98. The summed E-state index contributed by atoms with van der Waals surface area (Å²) >= 11 is 0. The molecule has 0 bridgehead atoms. The molecule has 0 atom stereocenters. The minimum absolute atomic E-state index is 0.000402. The molecule has 142 valence electrons. The second-order valence-corrected chi connectivity index (χ2v) is 7.65. The van der Waals surface area contributed by atoms with Gasteiger partial charge in [0.1, 0.15) is 0 Å². The van der Waals surface area contributed by atoms with Crippen molar-refractivity contribution in [1.82, 2.24) is 4.90 Å². The summed E-state index contributed by atoms with van der Waals surface area (Å²) in [5.74, 6) is 1.93. The third-order valence-electron chi connectivity index (χ3n) is 5.10. The second-order valence-electron chi connectivity index (χ2n) is 7.65. The zero-order chi connectivity index (χ0) is 18.8. The highest BCUT2D eigenvalue weighted by molar-refractivity contribution is 5.92. The maximum atomic E-state index is 12.6. The van der Waals surface area contributed by atoms with E-state index in [1.54, 1.807) is 0 Å².